The summed E-state index contributed by atoms with van der Waals surface area (Å²) in [6.45, 7) is 0. The highest BCUT2D eigenvalue weighted by Gasteiger charge is 1.93. The molecule has 12 heavy (non-hydrogen) atoms. The molecule has 0 aromatic heterocycles. The van der Waals surface area contributed by atoms with Crippen molar-refractivity contribution in [1.82, 2.24) is 0 Å². The number of anilines is 1. The Bertz CT molecular complexity index is 295. The number of halogens is 2. The largest absolute Gasteiger partial charge is 0.398 e. The number of allylic oxidation sites excluding steroid dienone is 1. The van der Waals surface area contributed by atoms with Crippen LogP contribution in [0.4, 0.5) is 5.69 Å². The van der Waals surface area contributed by atoms with Crippen LogP contribution in [0.15, 0.2) is 28.7 Å². The van der Waals surface area contributed by atoms with E-state index in [0.29, 0.717) is 0 Å². The maximum atomic E-state index is 5.64. The van der Waals surface area contributed by atoms with Crippen molar-refractivity contribution in [2.75, 3.05) is 11.1 Å². The average molecular weight is 291 g/mol. The van der Waals surface area contributed by atoms with Crippen LogP contribution in [0.2, 0.25) is 0 Å². The van der Waals surface area contributed by atoms with Gasteiger partial charge in [0, 0.05) is 15.5 Å². The molecule has 0 aliphatic rings. The van der Waals surface area contributed by atoms with Crippen LogP contribution < -0.4 is 5.73 Å². The Kier molecular flexibility index (Phi) is 3.82. The Balaban J connectivity index is 2.89. The standard InChI is InChI=1S/C9H9Br2N/c10-5-1-2-7-3-4-9(12)8(11)6-7/h1-4,6H,5,12H2. The molecule has 0 unspecified atom stereocenters. The van der Waals surface area contributed by atoms with Gasteiger partial charge in [-0.3, -0.25) is 0 Å². The van der Waals surface area contributed by atoms with E-state index in [1.54, 1.807) is 0 Å². The minimum atomic E-state index is 0.769. The number of nitrogen functional groups attached to an aromatic ring is 1. The van der Waals surface area contributed by atoms with Crippen LogP contribution in [-0.2, 0) is 0 Å². The molecule has 1 aromatic carbocycles. The van der Waals surface area contributed by atoms with Crippen LogP contribution in [0, 0.1) is 0 Å². The summed E-state index contributed by atoms with van der Waals surface area (Å²) in [5.74, 6) is 0. The maximum absolute atomic E-state index is 5.64. The molecule has 0 bridgehead atoms. The first-order chi connectivity index (χ1) is 5.74. The first-order valence-corrected chi connectivity index (χ1v) is 5.43. The van der Waals surface area contributed by atoms with Gasteiger partial charge in [-0.05, 0) is 33.6 Å². The second-order valence-corrected chi connectivity index (χ2v) is 3.84. The van der Waals surface area contributed by atoms with E-state index in [4.69, 9.17) is 5.73 Å². The lowest BCUT2D eigenvalue weighted by molar-refractivity contribution is 1.59. The third-order valence-corrected chi connectivity index (χ3v) is 2.48. The maximum Gasteiger partial charge on any atom is 0.0458 e. The Morgan fingerprint density at radius 3 is 2.75 bits per heavy atom. The van der Waals surface area contributed by atoms with Gasteiger partial charge in [-0.2, -0.15) is 0 Å². The number of nitrogens with two attached hydrogens (primary N) is 1. The number of rotatable bonds is 2. The van der Waals surface area contributed by atoms with E-state index in [1.165, 1.54) is 0 Å². The summed E-state index contributed by atoms with van der Waals surface area (Å²) >= 11 is 6.68. The molecule has 0 radical (unpaired) electrons. The van der Waals surface area contributed by atoms with Crippen molar-refractivity contribution in [3.8, 4) is 0 Å². The Hall–Kier alpha value is -0.280. The van der Waals surface area contributed by atoms with Crippen molar-refractivity contribution in [2.45, 2.75) is 0 Å². The molecule has 0 spiro atoms. The van der Waals surface area contributed by atoms with Crippen LogP contribution in [-0.4, -0.2) is 5.33 Å². The SMILES string of the molecule is Nc1ccc(C=CCBr)cc1Br. The van der Waals surface area contributed by atoms with Crippen molar-refractivity contribution < 1.29 is 0 Å². The molecule has 2 N–H and O–H groups in total. The zero-order chi connectivity index (χ0) is 8.97. The molecule has 0 amide bonds. The van der Waals surface area contributed by atoms with E-state index in [-0.39, 0.29) is 0 Å². The monoisotopic (exact) mass is 289 g/mol. The third kappa shape index (κ3) is 2.64. The highest BCUT2D eigenvalue weighted by atomic mass is 79.9. The lowest BCUT2D eigenvalue weighted by atomic mass is 10.2. The predicted molar refractivity (Wildman–Crippen MR) is 61.4 cm³/mol. The van der Waals surface area contributed by atoms with Gasteiger partial charge in [0.15, 0.2) is 0 Å². The molecule has 3 heteroatoms. The minimum absolute atomic E-state index is 0.769. The summed E-state index contributed by atoms with van der Waals surface area (Å²) in [6, 6.07) is 5.87. The lowest BCUT2D eigenvalue weighted by Gasteiger charge is -1.98. The van der Waals surface area contributed by atoms with Crippen LogP contribution in [0.5, 0.6) is 0 Å². The summed E-state index contributed by atoms with van der Waals surface area (Å²) in [5, 5.41) is 0.870. The highest BCUT2D eigenvalue weighted by Crippen LogP contribution is 2.20. The normalized spacial score (nSPS) is 10.8. The molecule has 0 heterocycles. The van der Waals surface area contributed by atoms with Gasteiger partial charge in [-0.15, -0.1) is 0 Å². The zero-order valence-corrected chi connectivity index (χ0v) is 9.60. The fourth-order valence-electron chi connectivity index (χ4n) is 0.828. The lowest BCUT2D eigenvalue weighted by Crippen LogP contribution is -1.85. The molecule has 0 saturated heterocycles. The van der Waals surface area contributed by atoms with E-state index < -0.39 is 0 Å². The molecule has 0 aliphatic heterocycles. The third-order valence-electron chi connectivity index (χ3n) is 1.42. The van der Waals surface area contributed by atoms with E-state index in [0.717, 1.165) is 21.1 Å². The van der Waals surface area contributed by atoms with Gasteiger partial charge in [0.2, 0.25) is 0 Å². The average Bonchev–Trinajstić information content (AvgIpc) is 2.07. The van der Waals surface area contributed by atoms with Gasteiger partial charge < -0.3 is 5.73 Å². The molecule has 0 aliphatic carbocycles. The zero-order valence-electron chi connectivity index (χ0n) is 6.43. The summed E-state index contributed by atoms with van der Waals surface area (Å²) in [6.07, 6.45) is 4.08. The fraction of sp³-hybridized carbons (Fsp3) is 0.111. The molecule has 0 atom stereocenters. The Morgan fingerprint density at radius 2 is 2.17 bits per heavy atom. The first kappa shape index (κ1) is 9.81. The number of hydrogen-bond donors (Lipinski definition) is 1. The predicted octanol–water partition coefficient (Wildman–Crippen LogP) is 3.44. The number of hydrogen-bond acceptors (Lipinski definition) is 1. The van der Waals surface area contributed by atoms with Crippen molar-refractivity contribution in [3.05, 3.63) is 34.3 Å². The molecule has 1 aromatic rings. The summed E-state index contributed by atoms with van der Waals surface area (Å²) in [7, 11) is 0. The molecular weight excluding hydrogens is 282 g/mol. The fourth-order valence-corrected chi connectivity index (χ4v) is 1.41. The van der Waals surface area contributed by atoms with Crippen molar-refractivity contribution in [1.29, 1.82) is 0 Å². The molecule has 1 nitrogen and oxygen atoms in total. The van der Waals surface area contributed by atoms with Gasteiger partial charge in [-0.25, -0.2) is 0 Å². The van der Waals surface area contributed by atoms with Gasteiger partial charge in [-0.1, -0.05) is 34.1 Å². The highest BCUT2D eigenvalue weighted by molar-refractivity contribution is 9.10. The van der Waals surface area contributed by atoms with Crippen LogP contribution in [0.3, 0.4) is 0 Å². The van der Waals surface area contributed by atoms with E-state index >= 15 is 0 Å². The molecule has 1 rings (SSSR count). The van der Waals surface area contributed by atoms with Gasteiger partial charge in [0.25, 0.3) is 0 Å². The smallest absolute Gasteiger partial charge is 0.0458 e. The molecule has 0 saturated carbocycles. The van der Waals surface area contributed by atoms with Gasteiger partial charge in [0.05, 0.1) is 0 Å². The van der Waals surface area contributed by atoms with Gasteiger partial charge in [0.1, 0.15) is 0 Å². The summed E-state index contributed by atoms with van der Waals surface area (Å²) in [4.78, 5) is 0. The summed E-state index contributed by atoms with van der Waals surface area (Å²) in [5.41, 5.74) is 7.56. The van der Waals surface area contributed by atoms with Crippen LogP contribution >= 0.6 is 31.9 Å². The molecule has 0 fully saturated rings. The number of alkyl halides is 1. The molecule has 64 valence electrons. The van der Waals surface area contributed by atoms with Gasteiger partial charge >= 0.3 is 0 Å². The second-order valence-electron chi connectivity index (χ2n) is 2.34. The second kappa shape index (κ2) is 4.67. The van der Waals surface area contributed by atoms with E-state index in [9.17, 15) is 0 Å². The topological polar surface area (TPSA) is 26.0 Å². The summed E-state index contributed by atoms with van der Waals surface area (Å²) < 4.78 is 0.944. The van der Waals surface area contributed by atoms with Crippen LogP contribution in [0.1, 0.15) is 5.56 Å². The Labute approximate surface area is 88.9 Å². The van der Waals surface area contributed by atoms with Crippen molar-refractivity contribution >= 4 is 43.6 Å². The van der Waals surface area contributed by atoms with Crippen molar-refractivity contribution in [2.24, 2.45) is 0 Å². The first-order valence-electron chi connectivity index (χ1n) is 3.51. The van der Waals surface area contributed by atoms with Crippen LogP contribution in [0.25, 0.3) is 6.08 Å². The number of benzene rings is 1. The van der Waals surface area contributed by atoms with E-state index in [1.807, 2.05) is 30.4 Å². The molecular formula is C9H9Br2N. The van der Waals surface area contributed by atoms with Crippen molar-refractivity contribution in [3.63, 3.8) is 0 Å². The minimum Gasteiger partial charge on any atom is -0.398 e. The Morgan fingerprint density at radius 1 is 1.42 bits per heavy atom. The quantitative estimate of drug-likeness (QED) is 0.655. The van der Waals surface area contributed by atoms with E-state index in [2.05, 4.69) is 31.9 Å².